The number of carbonyl (C=O) groups is 1. The Morgan fingerprint density at radius 1 is 1.04 bits per heavy atom. The number of para-hydroxylation sites is 1. The summed E-state index contributed by atoms with van der Waals surface area (Å²) in [4.78, 5) is 24.3. The van der Waals surface area contributed by atoms with Gasteiger partial charge in [-0.05, 0) is 30.3 Å². The van der Waals surface area contributed by atoms with Gasteiger partial charge in [0.15, 0.2) is 0 Å². The summed E-state index contributed by atoms with van der Waals surface area (Å²) < 4.78 is 6.62. The van der Waals surface area contributed by atoms with Crippen LogP contribution in [0.3, 0.4) is 0 Å². The zero-order valence-electron chi connectivity index (χ0n) is 13.4. The van der Waals surface area contributed by atoms with Crippen LogP contribution < -0.4 is 20.9 Å². The van der Waals surface area contributed by atoms with E-state index in [1.54, 1.807) is 43.0 Å². The first-order chi connectivity index (χ1) is 11.6. The molecule has 0 aliphatic heterocycles. The SMILES string of the molecule is COc1ccc(NC(=O)Nc2cc(=O)n(C)c3ccccc23)cc1. The third-order valence-corrected chi connectivity index (χ3v) is 3.75. The van der Waals surface area contributed by atoms with Crippen LogP contribution in [0, 0.1) is 0 Å². The number of amides is 2. The number of anilines is 2. The number of ether oxygens (including phenoxy) is 1. The highest BCUT2D eigenvalue weighted by atomic mass is 16.5. The Morgan fingerprint density at radius 3 is 2.46 bits per heavy atom. The Labute approximate surface area is 138 Å². The lowest BCUT2D eigenvalue weighted by atomic mass is 10.2. The van der Waals surface area contributed by atoms with Gasteiger partial charge in [0, 0.05) is 24.2 Å². The average Bonchev–Trinajstić information content (AvgIpc) is 2.60. The van der Waals surface area contributed by atoms with E-state index in [1.807, 2.05) is 24.3 Å². The molecule has 6 heteroatoms. The third-order valence-electron chi connectivity index (χ3n) is 3.75. The molecule has 122 valence electrons. The molecule has 2 amide bonds. The monoisotopic (exact) mass is 323 g/mol. The number of hydrogen-bond donors (Lipinski definition) is 2. The fraction of sp³-hybridized carbons (Fsp3) is 0.111. The van der Waals surface area contributed by atoms with Gasteiger partial charge in [0.05, 0.1) is 18.3 Å². The van der Waals surface area contributed by atoms with E-state index in [4.69, 9.17) is 4.74 Å². The molecule has 6 nitrogen and oxygen atoms in total. The maximum atomic E-state index is 12.2. The highest BCUT2D eigenvalue weighted by molar-refractivity contribution is 6.05. The largest absolute Gasteiger partial charge is 0.497 e. The molecule has 0 aliphatic rings. The van der Waals surface area contributed by atoms with E-state index in [-0.39, 0.29) is 5.56 Å². The molecule has 0 atom stereocenters. The molecular formula is C18H17N3O3. The first-order valence-electron chi connectivity index (χ1n) is 7.39. The number of urea groups is 1. The topological polar surface area (TPSA) is 72.4 Å². The van der Waals surface area contributed by atoms with Crippen molar-refractivity contribution in [3.05, 3.63) is 65.0 Å². The van der Waals surface area contributed by atoms with Gasteiger partial charge in [0.2, 0.25) is 0 Å². The van der Waals surface area contributed by atoms with Crippen molar-refractivity contribution in [2.75, 3.05) is 17.7 Å². The maximum absolute atomic E-state index is 12.2. The maximum Gasteiger partial charge on any atom is 0.323 e. The Kier molecular flexibility index (Phi) is 4.20. The number of methoxy groups -OCH3 is 1. The standard InChI is InChI=1S/C18H17N3O3/c1-21-16-6-4-3-5-14(16)15(11-17(21)22)20-18(23)19-12-7-9-13(24-2)10-8-12/h3-11H,1-2H3,(H2,19,20,23). The van der Waals surface area contributed by atoms with Gasteiger partial charge >= 0.3 is 6.03 Å². The minimum absolute atomic E-state index is 0.187. The summed E-state index contributed by atoms with van der Waals surface area (Å²) in [6.45, 7) is 0. The molecule has 0 fully saturated rings. The number of aromatic nitrogens is 1. The number of pyridine rings is 1. The first kappa shape index (κ1) is 15.6. The molecule has 0 unspecified atom stereocenters. The van der Waals surface area contributed by atoms with E-state index in [1.165, 1.54) is 6.07 Å². The van der Waals surface area contributed by atoms with Gasteiger partial charge in [0.25, 0.3) is 5.56 Å². The summed E-state index contributed by atoms with van der Waals surface area (Å²) in [6.07, 6.45) is 0. The van der Waals surface area contributed by atoms with Crippen molar-refractivity contribution in [2.45, 2.75) is 0 Å². The van der Waals surface area contributed by atoms with Gasteiger partial charge in [-0.25, -0.2) is 4.79 Å². The van der Waals surface area contributed by atoms with E-state index in [2.05, 4.69) is 10.6 Å². The van der Waals surface area contributed by atoms with Gasteiger partial charge in [-0.3, -0.25) is 4.79 Å². The van der Waals surface area contributed by atoms with Crippen LogP contribution >= 0.6 is 0 Å². The highest BCUT2D eigenvalue weighted by Gasteiger charge is 2.09. The smallest absolute Gasteiger partial charge is 0.323 e. The lowest BCUT2D eigenvalue weighted by Crippen LogP contribution is -2.23. The normalized spacial score (nSPS) is 10.4. The molecule has 3 aromatic rings. The van der Waals surface area contributed by atoms with E-state index in [0.29, 0.717) is 17.1 Å². The second-order valence-corrected chi connectivity index (χ2v) is 5.28. The number of nitrogens with zero attached hydrogens (tertiary/aromatic N) is 1. The summed E-state index contributed by atoms with van der Waals surface area (Å²) in [5.41, 5.74) is 1.67. The first-order valence-corrected chi connectivity index (χ1v) is 7.39. The lowest BCUT2D eigenvalue weighted by Gasteiger charge is -2.12. The van der Waals surface area contributed by atoms with Crippen molar-refractivity contribution in [1.82, 2.24) is 4.57 Å². The van der Waals surface area contributed by atoms with E-state index >= 15 is 0 Å². The van der Waals surface area contributed by atoms with Crippen LogP contribution in [0.2, 0.25) is 0 Å². The van der Waals surface area contributed by atoms with Crippen LogP contribution in [0.5, 0.6) is 5.75 Å². The molecule has 2 aromatic carbocycles. The predicted octanol–water partition coefficient (Wildman–Crippen LogP) is 3.19. The molecular weight excluding hydrogens is 306 g/mol. The second-order valence-electron chi connectivity index (χ2n) is 5.28. The Bertz CT molecular complexity index is 946. The van der Waals surface area contributed by atoms with E-state index in [9.17, 15) is 9.59 Å². The zero-order chi connectivity index (χ0) is 17.1. The molecule has 0 saturated carbocycles. The summed E-state index contributed by atoms with van der Waals surface area (Å²) in [5.74, 6) is 0.707. The molecule has 0 saturated heterocycles. The highest BCUT2D eigenvalue weighted by Crippen LogP contribution is 2.21. The van der Waals surface area contributed by atoms with Gasteiger partial charge in [-0.2, -0.15) is 0 Å². The number of hydrogen-bond acceptors (Lipinski definition) is 3. The Morgan fingerprint density at radius 2 is 1.75 bits per heavy atom. The molecule has 0 spiro atoms. The predicted molar refractivity (Wildman–Crippen MR) is 94.8 cm³/mol. The van der Waals surface area contributed by atoms with Crippen molar-refractivity contribution in [1.29, 1.82) is 0 Å². The van der Waals surface area contributed by atoms with E-state index < -0.39 is 6.03 Å². The van der Waals surface area contributed by atoms with Gasteiger partial charge in [-0.1, -0.05) is 18.2 Å². The van der Waals surface area contributed by atoms with Gasteiger partial charge in [-0.15, -0.1) is 0 Å². The number of aryl methyl sites for hydroxylation is 1. The Hall–Kier alpha value is -3.28. The number of benzene rings is 2. The molecule has 0 aliphatic carbocycles. The number of rotatable bonds is 3. The van der Waals surface area contributed by atoms with Crippen LogP contribution in [-0.4, -0.2) is 17.7 Å². The molecule has 24 heavy (non-hydrogen) atoms. The fourth-order valence-electron chi connectivity index (χ4n) is 2.47. The number of fused-ring (bicyclic) bond motifs is 1. The minimum Gasteiger partial charge on any atom is -0.497 e. The fourth-order valence-corrected chi connectivity index (χ4v) is 2.47. The summed E-state index contributed by atoms with van der Waals surface area (Å²) in [7, 11) is 3.28. The van der Waals surface area contributed by atoms with Crippen LogP contribution in [0.4, 0.5) is 16.2 Å². The molecule has 1 heterocycles. The Balaban J connectivity index is 1.85. The summed E-state index contributed by atoms with van der Waals surface area (Å²) >= 11 is 0. The average molecular weight is 323 g/mol. The molecule has 0 radical (unpaired) electrons. The quantitative estimate of drug-likeness (QED) is 0.777. The van der Waals surface area contributed by atoms with Crippen molar-refractivity contribution in [3.63, 3.8) is 0 Å². The minimum atomic E-state index is -0.418. The van der Waals surface area contributed by atoms with Crippen LogP contribution in [-0.2, 0) is 7.05 Å². The molecule has 3 rings (SSSR count). The third kappa shape index (κ3) is 3.08. The van der Waals surface area contributed by atoms with Gasteiger partial charge < -0.3 is 19.9 Å². The molecule has 1 aromatic heterocycles. The summed E-state index contributed by atoms with van der Waals surface area (Å²) in [6, 6.07) is 15.4. The lowest BCUT2D eigenvalue weighted by molar-refractivity contribution is 0.262. The van der Waals surface area contributed by atoms with E-state index in [0.717, 1.165) is 10.9 Å². The van der Waals surface area contributed by atoms with Crippen molar-refractivity contribution >= 4 is 28.3 Å². The second kappa shape index (κ2) is 6.45. The number of nitrogens with one attached hydrogen (secondary N) is 2. The van der Waals surface area contributed by atoms with Crippen LogP contribution in [0.15, 0.2) is 59.4 Å². The van der Waals surface area contributed by atoms with Crippen molar-refractivity contribution < 1.29 is 9.53 Å². The zero-order valence-corrected chi connectivity index (χ0v) is 13.4. The van der Waals surface area contributed by atoms with Gasteiger partial charge in [0.1, 0.15) is 5.75 Å². The molecule has 0 bridgehead atoms. The summed E-state index contributed by atoms with van der Waals surface area (Å²) in [5, 5.41) is 6.26. The van der Waals surface area contributed by atoms with Crippen molar-refractivity contribution in [2.24, 2.45) is 7.05 Å². The molecule has 2 N–H and O–H groups in total. The van der Waals surface area contributed by atoms with Crippen LogP contribution in [0.25, 0.3) is 10.9 Å². The van der Waals surface area contributed by atoms with Crippen molar-refractivity contribution in [3.8, 4) is 5.75 Å². The number of carbonyl (C=O) groups excluding carboxylic acids is 1. The van der Waals surface area contributed by atoms with Crippen LogP contribution in [0.1, 0.15) is 0 Å².